The van der Waals surface area contributed by atoms with Crippen LogP contribution in [0.5, 0.6) is 5.75 Å². The van der Waals surface area contributed by atoms with Gasteiger partial charge in [0.25, 0.3) is 5.92 Å². The van der Waals surface area contributed by atoms with E-state index < -0.39 is 11.9 Å². The number of carbonyl (C=O) groups is 1. The number of benzene rings is 3. The highest BCUT2D eigenvalue weighted by Crippen LogP contribution is 2.38. The molecule has 1 atom stereocenters. The quantitative estimate of drug-likeness (QED) is 0.409. The van der Waals surface area contributed by atoms with Crippen molar-refractivity contribution < 1.29 is 23.4 Å². The van der Waals surface area contributed by atoms with E-state index >= 15 is 0 Å². The summed E-state index contributed by atoms with van der Waals surface area (Å²) in [7, 11) is 1.64. The van der Waals surface area contributed by atoms with E-state index in [0.29, 0.717) is 25.9 Å². The van der Waals surface area contributed by atoms with Crippen LogP contribution in [0, 0.1) is 0 Å². The molecule has 6 heteroatoms. The zero-order chi connectivity index (χ0) is 24.3. The van der Waals surface area contributed by atoms with Gasteiger partial charge >= 0.3 is 5.97 Å². The molecule has 1 fully saturated rings. The van der Waals surface area contributed by atoms with Crippen LogP contribution in [0.2, 0.25) is 0 Å². The number of rotatable bonds is 8. The smallest absolute Gasteiger partial charge is 0.303 e. The van der Waals surface area contributed by atoms with Gasteiger partial charge in [-0.1, -0.05) is 49.4 Å². The molecule has 180 valence electrons. The summed E-state index contributed by atoms with van der Waals surface area (Å²) in [5.74, 6) is -2.66. The van der Waals surface area contributed by atoms with Crippen LogP contribution in [0.25, 0.3) is 21.9 Å². The van der Waals surface area contributed by atoms with Gasteiger partial charge in [0.2, 0.25) is 0 Å². The fraction of sp³-hybridized carbons (Fsp3) is 0.393. The number of carboxylic acid groups (broad SMARTS) is 1. The number of alkyl halides is 2. The Morgan fingerprint density at radius 2 is 1.88 bits per heavy atom. The van der Waals surface area contributed by atoms with Gasteiger partial charge in [0.05, 0.1) is 7.11 Å². The number of fused-ring (bicyclic) bond motifs is 1. The summed E-state index contributed by atoms with van der Waals surface area (Å²) in [4.78, 5) is 13.3. The second-order valence-corrected chi connectivity index (χ2v) is 9.09. The summed E-state index contributed by atoms with van der Waals surface area (Å²) in [5, 5.41) is 11.2. The van der Waals surface area contributed by atoms with E-state index in [-0.39, 0.29) is 25.3 Å². The number of likely N-dealkylation sites (tertiary alicyclic amines) is 1. The normalized spacial score (nSPS) is 18.2. The lowest BCUT2D eigenvalue weighted by atomic mass is 9.92. The fourth-order valence-electron chi connectivity index (χ4n) is 5.04. The Labute approximate surface area is 199 Å². The van der Waals surface area contributed by atoms with Crippen LogP contribution in [0.15, 0.2) is 54.6 Å². The maximum Gasteiger partial charge on any atom is 0.303 e. The molecule has 0 aliphatic carbocycles. The SMILES string of the molecule is CCC1CC(F)(F)CCN1Cc1ccc(OC)c(-c2cccc3c(CCC(=O)O)cccc23)c1. The minimum Gasteiger partial charge on any atom is -0.496 e. The van der Waals surface area contributed by atoms with E-state index in [1.165, 1.54) is 0 Å². The van der Waals surface area contributed by atoms with Crippen molar-refractivity contribution in [1.82, 2.24) is 4.90 Å². The van der Waals surface area contributed by atoms with E-state index in [4.69, 9.17) is 9.84 Å². The van der Waals surface area contributed by atoms with Crippen LogP contribution in [0.1, 0.15) is 43.7 Å². The second-order valence-electron chi connectivity index (χ2n) is 9.09. The molecular weight excluding hydrogens is 436 g/mol. The third-order valence-electron chi connectivity index (χ3n) is 6.85. The predicted octanol–water partition coefficient (Wildman–Crippen LogP) is 6.54. The van der Waals surface area contributed by atoms with Gasteiger partial charge in [-0.05, 0) is 52.4 Å². The number of piperidine rings is 1. The molecule has 0 saturated carbocycles. The van der Waals surface area contributed by atoms with Gasteiger partial charge in [-0.15, -0.1) is 0 Å². The van der Waals surface area contributed by atoms with Gasteiger partial charge in [-0.3, -0.25) is 9.69 Å². The van der Waals surface area contributed by atoms with Crippen LogP contribution in [0.4, 0.5) is 8.78 Å². The highest BCUT2D eigenvalue weighted by atomic mass is 19.3. The molecule has 34 heavy (non-hydrogen) atoms. The van der Waals surface area contributed by atoms with Crippen molar-refractivity contribution in [2.75, 3.05) is 13.7 Å². The highest BCUT2D eigenvalue weighted by molar-refractivity contribution is 5.99. The van der Waals surface area contributed by atoms with Crippen LogP contribution in [0.3, 0.4) is 0 Å². The molecule has 0 amide bonds. The molecule has 1 aliphatic heterocycles. The van der Waals surface area contributed by atoms with E-state index in [9.17, 15) is 13.6 Å². The molecule has 0 bridgehead atoms. The Kier molecular flexibility index (Phi) is 7.17. The fourth-order valence-corrected chi connectivity index (χ4v) is 5.04. The van der Waals surface area contributed by atoms with Crippen molar-refractivity contribution in [2.45, 2.75) is 57.5 Å². The first-order valence-electron chi connectivity index (χ1n) is 11.8. The lowest BCUT2D eigenvalue weighted by molar-refractivity contribution is -0.136. The predicted molar refractivity (Wildman–Crippen MR) is 131 cm³/mol. The number of hydrogen-bond donors (Lipinski definition) is 1. The van der Waals surface area contributed by atoms with Gasteiger partial charge < -0.3 is 9.84 Å². The van der Waals surface area contributed by atoms with Crippen LogP contribution in [-0.4, -0.2) is 41.6 Å². The molecule has 1 unspecified atom stereocenters. The number of aryl methyl sites for hydroxylation is 1. The van der Waals surface area contributed by atoms with E-state index in [1.54, 1.807) is 7.11 Å². The monoisotopic (exact) mass is 467 g/mol. The van der Waals surface area contributed by atoms with Crippen molar-refractivity contribution >= 4 is 16.7 Å². The average Bonchev–Trinajstić information content (AvgIpc) is 2.83. The topological polar surface area (TPSA) is 49.8 Å². The second kappa shape index (κ2) is 10.1. The van der Waals surface area contributed by atoms with Crippen molar-refractivity contribution in [1.29, 1.82) is 0 Å². The van der Waals surface area contributed by atoms with Crippen LogP contribution < -0.4 is 4.74 Å². The number of halogens is 2. The van der Waals surface area contributed by atoms with Crippen molar-refractivity contribution in [3.63, 3.8) is 0 Å². The molecule has 0 radical (unpaired) electrons. The standard InChI is InChI=1S/C28H31F2NO3/c1-3-21-17-28(29,30)14-15-31(21)18-19-10-12-26(34-2)25(16-19)24-9-5-7-22-20(11-13-27(32)33)6-4-8-23(22)24/h4-10,12,16,21H,3,11,13-15,17-18H2,1-2H3,(H,32,33). The summed E-state index contributed by atoms with van der Waals surface area (Å²) >= 11 is 0. The minimum absolute atomic E-state index is 0.0790. The zero-order valence-corrected chi connectivity index (χ0v) is 19.7. The maximum absolute atomic E-state index is 13.9. The third-order valence-corrected chi connectivity index (χ3v) is 6.85. The van der Waals surface area contributed by atoms with Crippen molar-refractivity contribution in [2.24, 2.45) is 0 Å². The Balaban J connectivity index is 1.70. The van der Waals surface area contributed by atoms with Crippen LogP contribution in [-0.2, 0) is 17.8 Å². The van der Waals surface area contributed by atoms with Gasteiger partial charge in [0, 0.05) is 44.0 Å². The Bertz CT molecular complexity index is 1180. The lowest BCUT2D eigenvalue weighted by Crippen LogP contribution is -2.46. The molecule has 3 aromatic rings. The molecule has 4 rings (SSSR count). The number of hydrogen-bond acceptors (Lipinski definition) is 3. The zero-order valence-electron chi connectivity index (χ0n) is 19.7. The minimum atomic E-state index is -2.58. The molecule has 3 aromatic carbocycles. The number of ether oxygens (including phenoxy) is 1. The van der Waals surface area contributed by atoms with Gasteiger partial charge in [-0.25, -0.2) is 8.78 Å². The number of nitrogens with zero attached hydrogens (tertiary/aromatic N) is 1. The molecule has 1 aliphatic rings. The van der Waals surface area contributed by atoms with Gasteiger partial charge in [0.15, 0.2) is 0 Å². The van der Waals surface area contributed by atoms with Crippen molar-refractivity contribution in [3.05, 3.63) is 65.7 Å². The van der Waals surface area contributed by atoms with Gasteiger partial charge in [0.1, 0.15) is 5.75 Å². The summed E-state index contributed by atoms with van der Waals surface area (Å²) < 4.78 is 33.6. The lowest BCUT2D eigenvalue weighted by Gasteiger charge is -2.39. The first-order chi connectivity index (χ1) is 16.3. The number of carboxylic acids is 1. The summed E-state index contributed by atoms with van der Waals surface area (Å²) in [6.45, 7) is 2.96. The summed E-state index contributed by atoms with van der Waals surface area (Å²) in [6, 6.07) is 17.9. The average molecular weight is 468 g/mol. The highest BCUT2D eigenvalue weighted by Gasteiger charge is 2.39. The largest absolute Gasteiger partial charge is 0.496 e. The third kappa shape index (κ3) is 5.22. The number of methoxy groups -OCH3 is 1. The maximum atomic E-state index is 13.9. The van der Waals surface area contributed by atoms with Crippen molar-refractivity contribution in [3.8, 4) is 16.9 Å². The molecule has 4 nitrogen and oxygen atoms in total. The summed E-state index contributed by atoms with van der Waals surface area (Å²) in [5.41, 5.74) is 4.00. The molecule has 1 saturated heterocycles. The van der Waals surface area contributed by atoms with E-state index in [1.807, 2.05) is 55.5 Å². The molecule has 0 aromatic heterocycles. The molecule has 1 N–H and O–H groups in total. The first kappa shape index (κ1) is 24.1. The molecular formula is C28H31F2NO3. The van der Waals surface area contributed by atoms with E-state index in [2.05, 4.69) is 11.0 Å². The van der Waals surface area contributed by atoms with Crippen LogP contribution >= 0.6 is 0 Å². The molecule has 1 heterocycles. The summed E-state index contributed by atoms with van der Waals surface area (Å²) in [6.07, 6.45) is 1.05. The Morgan fingerprint density at radius 1 is 1.12 bits per heavy atom. The van der Waals surface area contributed by atoms with E-state index in [0.717, 1.165) is 38.8 Å². The number of aliphatic carboxylic acids is 1. The van der Waals surface area contributed by atoms with Gasteiger partial charge in [-0.2, -0.15) is 0 Å². The molecule has 0 spiro atoms. The first-order valence-corrected chi connectivity index (χ1v) is 11.8. The Hall–Kier alpha value is -2.99. The Morgan fingerprint density at radius 3 is 2.62 bits per heavy atom.